The summed E-state index contributed by atoms with van der Waals surface area (Å²) in [7, 11) is 4.26. The maximum absolute atomic E-state index is 3.35. The second-order valence-electron chi connectivity index (χ2n) is 4.00. The summed E-state index contributed by atoms with van der Waals surface area (Å²) < 4.78 is 0. The summed E-state index contributed by atoms with van der Waals surface area (Å²) in [5.41, 5.74) is 0. The summed E-state index contributed by atoms with van der Waals surface area (Å²) in [6.45, 7) is 8.36. The fourth-order valence-corrected chi connectivity index (χ4v) is 1.77. The van der Waals surface area contributed by atoms with Gasteiger partial charge in [-0.1, -0.05) is 6.92 Å². The smallest absolute Gasteiger partial charge is 0.0189 e. The molecule has 78 valence electrons. The zero-order chi connectivity index (χ0) is 9.68. The molecule has 1 saturated heterocycles. The van der Waals surface area contributed by atoms with Crippen molar-refractivity contribution in [2.24, 2.45) is 0 Å². The highest BCUT2D eigenvalue weighted by molar-refractivity contribution is 4.74. The van der Waals surface area contributed by atoms with Gasteiger partial charge < -0.3 is 10.2 Å². The summed E-state index contributed by atoms with van der Waals surface area (Å²) in [6, 6.07) is 0.670. The molecule has 0 aromatic carbocycles. The topological polar surface area (TPSA) is 18.5 Å². The number of nitrogens with zero attached hydrogens (tertiary/aromatic N) is 2. The molecule has 1 heterocycles. The van der Waals surface area contributed by atoms with Crippen LogP contribution in [0, 0.1) is 0 Å². The number of hydrogen-bond donors (Lipinski definition) is 1. The summed E-state index contributed by atoms with van der Waals surface area (Å²) >= 11 is 0. The monoisotopic (exact) mass is 185 g/mol. The molecule has 0 spiro atoms. The summed E-state index contributed by atoms with van der Waals surface area (Å²) in [5.74, 6) is 0. The minimum Gasteiger partial charge on any atom is -0.316 e. The summed E-state index contributed by atoms with van der Waals surface area (Å²) in [6.07, 6.45) is 1.23. The Labute approximate surface area is 82.1 Å². The minimum absolute atomic E-state index is 0.670. The van der Waals surface area contributed by atoms with Gasteiger partial charge in [-0.3, -0.25) is 4.90 Å². The fourth-order valence-electron chi connectivity index (χ4n) is 1.77. The average Bonchev–Trinajstić information content (AvgIpc) is 2.17. The normalized spacial score (nSPS) is 23.3. The van der Waals surface area contributed by atoms with Crippen LogP contribution >= 0.6 is 0 Å². The van der Waals surface area contributed by atoms with Crippen molar-refractivity contribution in [2.75, 3.05) is 46.8 Å². The van der Waals surface area contributed by atoms with E-state index in [1.54, 1.807) is 0 Å². The summed E-state index contributed by atoms with van der Waals surface area (Å²) in [4.78, 5) is 4.96. The molecule has 1 atom stereocenters. The van der Waals surface area contributed by atoms with Crippen molar-refractivity contribution in [1.29, 1.82) is 0 Å². The maximum atomic E-state index is 3.35. The maximum Gasteiger partial charge on any atom is 0.0189 e. The first-order chi connectivity index (χ1) is 6.26. The lowest BCUT2D eigenvalue weighted by Gasteiger charge is -2.34. The molecule has 1 unspecified atom stereocenters. The van der Waals surface area contributed by atoms with Gasteiger partial charge in [0.2, 0.25) is 0 Å². The van der Waals surface area contributed by atoms with E-state index in [4.69, 9.17) is 0 Å². The Bertz CT molecular complexity index is 126. The largest absolute Gasteiger partial charge is 0.316 e. The Morgan fingerprint density at radius 3 is 2.31 bits per heavy atom. The first kappa shape index (κ1) is 11.0. The van der Waals surface area contributed by atoms with Crippen LogP contribution in [0.1, 0.15) is 13.3 Å². The van der Waals surface area contributed by atoms with Gasteiger partial charge in [0.25, 0.3) is 0 Å². The lowest BCUT2D eigenvalue weighted by atomic mass is 10.2. The van der Waals surface area contributed by atoms with Crippen molar-refractivity contribution < 1.29 is 0 Å². The molecule has 0 radical (unpaired) electrons. The van der Waals surface area contributed by atoms with Crippen LogP contribution in [0.4, 0.5) is 0 Å². The lowest BCUT2D eigenvalue weighted by molar-refractivity contribution is 0.142. The van der Waals surface area contributed by atoms with Gasteiger partial charge in [0.15, 0.2) is 0 Å². The average molecular weight is 185 g/mol. The minimum atomic E-state index is 0.670. The van der Waals surface area contributed by atoms with Crippen LogP contribution in [0.25, 0.3) is 0 Å². The van der Waals surface area contributed by atoms with Gasteiger partial charge in [-0.05, 0) is 20.5 Å². The molecule has 0 aromatic rings. The Morgan fingerprint density at radius 2 is 1.85 bits per heavy atom. The molecular formula is C10H23N3. The van der Waals surface area contributed by atoms with Crippen molar-refractivity contribution in [3.8, 4) is 0 Å². The SMILES string of the molecule is CCC(CN1CCN(C)CC1)NC. The van der Waals surface area contributed by atoms with Gasteiger partial charge in [-0.15, -0.1) is 0 Å². The zero-order valence-electron chi connectivity index (χ0n) is 9.21. The van der Waals surface area contributed by atoms with E-state index >= 15 is 0 Å². The Morgan fingerprint density at radius 1 is 1.23 bits per heavy atom. The van der Waals surface area contributed by atoms with E-state index in [0.717, 1.165) is 0 Å². The molecule has 1 aliphatic heterocycles. The van der Waals surface area contributed by atoms with Crippen molar-refractivity contribution in [3.63, 3.8) is 0 Å². The van der Waals surface area contributed by atoms with E-state index < -0.39 is 0 Å². The van der Waals surface area contributed by atoms with Crippen LogP contribution in [-0.2, 0) is 0 Å². The second-order valence-corrected chi connectivity index (χ2v) is 4.00. The number of hydrogen-bond acceptors (Lipinski definition) is 3. The number of piperazine rings is 1. The van der Waals surface area contributed by atoms with Gasteiger partial charge in [-0.2, -0.15) is 0 Å². The molecule has 3 heteroatoms. The standard InChI is InChI=1S/C10H23N3/c1-4-10(11-2)9-13-7-5-12(3)6-8-13/h10-11H,4-9H2,1-3H3. The van der Waals surface area contributed by atoms with Crippen LogP contribution in [0.3, 0.4) is 0 Å². The van der Waals surface area contributed by atoms with Gasteiger partial charge in [0.1, 0.15) is 0 Å². The first-order valence-corrected chi connectivity index (χ1v) is 5.34. The predicted molar refractivity (Wildman–Crippen MR) is 57.1 cm³/mol. The van der Waals surface area contributed by atoms with Crippen molar-refractivity contribution in [2.45, 2.75) is 19.4 Å². The third kappa shape index (κ3) is 3.63. The highest BCUT2D eigenvalue weighted by Gasteiger charge is 2.15. The van der Waals surface area contributed by atoms with E-state index in [-0.39, 0.29) is 0 Å². The molecule has 1 rings (SSSR count). The molecule has 0 amide bonds. The molecule has 0 bridgehead atoms. The highest BCUT2D eigenvalue weighted by atomic mass is 15.3. The fraction of sp³-hybridized carbons (Fsp3) is 1.00. The molecular weight excluding hydrogens is 162 g/mol. The van der Waals surface area contributed by atoms with E-state index in [9.17, 15) is 0 Å². The third-order valence-corrected chi connectivity index (χ3v) is 2.98. The quantitative estimate of drug-likeness (QED) is 0.676. The Kier molecular flexibility index (Phi) is 4.70. The Balaban J connectivity index is 2.21. The van der Waals surface area contributed by atoms with Gasteiger partial charge in [0.05, 0.1) is 0 Å². The van der Waals surface area contributed by atoms with Crippen molar-refractivity contribution in [3.05, 3.63) is 0 Å². The van der Waals surface area contributed by atoms with E-state index in [2.05, 4.69) is 36.1 Å². The van der Waals surface area contributed by atoms with Crippen LogP contribution in [-0.4, -0.2) is 62.7 Å². The van der Waals surface area contributed by atoms with Gasteiger partial charge >= 0.3 is 0 Å². The Hall–Kier alpha value is -0.120. The van der Waals surface area contributed by atoms with Gasteiger partial charge in [0, 0.05) is 38.8 Å². The van der Waals surface area contributed by atoms with Crippen LogP contribution in [0.2, 0.25) is 0 Å². The van der Waals surface area contributed by atoms with E-state index in [1.807, 2.05) is 0 Å². The zero-order valence-corrected chi connectivity index (χ0v) is 9.21. The molecule has 0 saturated carbocycles. The molecule has 0 aromatic heterocycles. The second kappa shape index (κ2) is 5.58. The number of rotatable bonds is 4. The molecule has 1 N–H and O–H groups in total. The van der Waals surface area contributed by atoms with Crippen molar-refractivity contribution >= 4 is 0 Å². The predicted octanol–water partition coefficient (Wildman–Crippen LogP) is 0.232. The lowest BCUT2D eigenvalue weighted by Crippen LogP contribution is -2.48. The highest BCUT2D eigenvalue weighted by Crippen LogP contribution is 2.01. The van der Waals surface area contributed by atoms with Crippen LogP contribution < -0.4 is 5.32 Å². The molecule has 1 aliphatic rings. The molecule has 1 fully saturated rings. The number of likely N-dealkylation sites (N-methyl/N-ethyl adjacent to an activating group) is 2. The van der Waals surface area contributed by atoms with E-state index in [0.29, 0.717) is 6.04 Å². The van der Waals surface area contributed by atoms with E-state index in [1.165, 1.54) is 39.1 Å². The van der Waals surface area contributed by atoms with Gasteiger partial charge in [-0.25, -0.2) is 0 Å². The van der Waals surface area contributed by atoms with Crippen LogP contribution in [0.5, 0.6) is 0 Å². The number of nitrogens with one attached hydrogen (secondary N) is 1. The van der Waals surface area contributed by atoms with Crippen LogP contribution in [0.15, 0.2) is 0 Å². The first-order valence-electron chi connectivity index (χ1n) is 5.34. The molecule has 0 aliphatic carbocycles. The molecule has 3 nitrogen and oxygen atoms in total. The summed E-state index contributed by atoms with van der Waals surface area (Å²) in [5, 5.41) is 3.35. The van der Waals surface area contributed by atoms with Crippen molar-refractivity contribution in [1.82, 2.24) is 15.1 Å². The molecule has 13 heavy (non-hydrogen) atoms. The third-order valence-electron chi connectivity index (χ3n) is 2.98.